The maximum absolute atomic E-state index is 12.0. The number of para-hydroxylation sites is 1. The van der Waals surface area contributed by atoms with E-state index in [4.69, 9.17) is 0 Å². The minimum Gasteiger partial charge on any atom is -0.361 e. The van der Waals surface area contributed by atoms with E-state index in [0.29, 0.717) is 12.5 Å². The fourth-order valence-corrected chi connectivity index (χ4v) is 3.09. The predicted octanol–water partition coefficient (Wildman–Crippen LogP) is 2.23. The van der Waals surface area contributed by atoms with Crippen LogP contribution >= 0.6 is 0 Å². The lowest BCUT2D eigenvalue weighted by Crippen LogP contribution is -2.44. The SMILES string of the molecule is CN=C(NCCc1c[nH]c2ccccc12)NCC(=O)NCCc1ccccc1. The van der Waals surface area contributed by atoms with Gasteiger partial charge in [0, 0.05) is 37.2 Å². The highest BCUT2D eigenvalue weighted by atomic mass is 16.1. The number of nitrogens with one attached hydrogen (secondary N) is 4. The van der Waals surface area contributed by atoms with Gasteiger partial charge < -0.3 is 20.9 Å². The normalized spacial score (nSPS) is 11.4. The second-order valence-corrected chi connectivity index (χ2v) is 6.55. The molecule has 6 nitrogen and oxygen atoms in total. The molecule has 0 aliphatic heterocycles. The number of nitrogens with zero attached hydrogens (tertiary/aromatic N) is 1. The summed E-state index contributed by atoms with van der Waals surface area (Å²) in [4.78, 5) is 19.5. The van der Waals surface area contributed by atoms with Crippen molar-refractivity contribution in [2.24, 2.45) is 4.99 Å². The number of carbonyl (C=O) groups is 1. The first-order chi connectivity index (χ1) is 13.8. The molecule has 0 unspecified atom stereocenters. The fraction of sp³-hybridized carbons (Fsp3) is 0.273. The zero-order chi connectivity index (χ0) is 19.6. The molecular weight excluding hydrogens is 350 g/mol. The quantitative estimate of drug-likeness (QED) is 0.359. The van der Waals surface area contributed by atoms with Crippen molar-refractivity contribution in [3.63, 3.8) is 0 Å². The van der Waals surface area contributed by atoms with E-state index in [1.807, 2.05) is 36.5 Å². The molecule has 2 aromatic carbocycles. The van der Waals surface area contributed by atoms with Crippen LogP contribution in [0.15, 0.2) is 65.8 Å². The monoisotopic (exact) mass is 377 g/mol. The number of benzene rings is 2. The van der Waals surface area contributed by atoms with Gasteiger partial charge in [0.2, 0.25) is 5.91 Å². The standard InChI is InChI=1S/C22H27N5O/c1-23-22(25-14-12-18-15-26-20-10-6-5-9-19(18)20)27-16-21(28)24-13-11-17-7-3-2-4-8-17/h2-10,15,26H,11-14,16H2,1H3,(H,24,28)(H2,23,25,27). The molecule has 3 aromatic rings. The zero-order valence-electron chi connectivity index (χ0n) is 16.2. The summed E-state index contributed by atoms with van der Waals surface area (Å²) in [5.74, 6) is 0.577. The number of hydrogen-bond acceptors (Lipinski definition) is 2. The van der Waals surface area contributed by atoms with Gasteiger partial charge in [-0.15, -0.1) is 0 Å². The van der Waals surface area contributed by atoms with Gasteiger partial charge in [-0.2, -0.15) is 0 Å². The summed E-state index contributed by atoms with van der Waals surface area (Å²) >= 11 is 0. The highest BCUT2D eigenvalue weighted by Gasteiger charge is 2.05. The van der Waals surface area contributed by atoms with Crippen molar-refractivity contribution in [2.75, 3.05) is 26.7 Å². The number of H-pyrrole nitrogens is 1. The molecule has 0 bridgehead atoms. The molecule has 0 fully saturated rings. The van der Waals surface area contributed by atoms with E-state index in [2.05, 4.69) is 50.2 Å². The Kier molecular flexibility index (Phi) is 7.07. The van der Waals surface area contributed by atoms with Crippen LogP contribution in [0.25, 0.3) is 10.9 Å². The summed E-state index contributed by atoms with van der Waals surface area (Å²) in [5, 5.41) is 10.5. The van der Waals surface area contributed by atoms with Crippen LogP contribution in [0.4, 0.5) is 0 Å². The molecule has 0 atom stereocenters. The molecule has 6 heteroatoms. The maximum atomic E-state index is 12.0. The summed E-state index contributed by atoms with van der Waals surface area (Å²) in [6.07, 6.45) is 3.74. The van der Waals surface area contributed by atoms with Crippen molar-refractivity contribution in [1.82, 2.24) is 20.9 Å². The molecule has 0 saturated heterocycles. The van der Waals surface area contributed by atoms with Crippen LogP contribution in [0.3, 0.4) is 0 Å². The van der Waals surface area contributed by atoms with Crippen LogP contribution < -0.4 is 16.0 Å². The van der Waals surface area contributed by atoms with Gasteiger partial charge in [-0.05, 0) is 30.0 Å². The van der Waals surface area contributed by atoms with Crippen molar-refractivity contribution < 1.29 is 4.79 Å². The number of guanidine groups is 1. The molecule has 1 amide bonds. The summed E-state index contributed by atoms with van der Waals surface area (Å²) in [6.45, 7) is 1.55. The van der Waals surface area contributed by atoms with Crippen LogP contribution in [0.5, 0.6) is 0 Å². The van der Waals surface area contributed by atoms with Crippen molar-refractivity contribution in [3.8, 4) is 0 Å². The summed E-state index contributed by atoms with van der Waals surface area (Å²) < 4.78 is 0. The molecule has 0 aliphatic carbocycles. The van der Waals surface area contributed by atoms with Crippen molar-refractivity contribution in [2.45, 2.75) is 12.8 Å². The number of hydrogen-bond donors (Lipinski definition) is 4. The number of aromatic amines is 1. The molecule has 4 N–H and O–H groups in total. The third-order valence-corrected chi connectivity index (χ3v) is 4.58. The molecule has 1 aromatic heterocycles. The number of carbonyl (C=O) groups excluding carboxylic acids is 1. The summed E-state index contributed by atoms with van der Waals surface area (Å²) in [7, 11) is 1.70. The average Bonchev–Trinajstić information content (AvgIpc) is 3.14. The van der Waals surface area contributed by atoms with Gasteiger partial charge in [0.15, 0.2) is 5.96 Å². The Labute approximate surface area is 165 Å². The van der Waals surface area contributed by atoms with Gasteiger partial charge in [0.25, 0.3) is 0 Å². The molecule has 0 saturated carbocycles. The smallest absolute Gasteiger partial charge is 0.239 e. The Morgan fingerprint density at radius 2 is 1.68 bits per heavy atom. The van der Waals surface area contributed by atoms with Crippen molar-refractivity contribution >= 4 is 22.8 Å². The van der Waals surface area contributed by atoms with Gasteiger partial charge in [-0.1, -0.05) is 48.5 Å². The Morgan fingerprint density at radius 1 is 0.929 bits per heavy atom. The van der Waals surface area contributed by atoms with E-state index >= 15 is 0 Å². The van der Waals surface area contributed by atoms with Crippen molar-refractivity contribution in [1.29, 1.82) is 0 Å². The lowest BCUT2D eigenvalue weighted by Gasteiger charge is -2.12. The molecule has 0 spiro atoms. The largest absolute Gasteiger partial charge is 0.361 e. The van der Waals surface area contributed by atoms with Gasteiger partial charge in [-0.25, -0.2) is 0 Å². The fourth-order valence-electron chi connectivity index (χ4n) is 3.09. The van der Waals surface area contributed by atoms with Crippen molar-refractivity contribution in [3.05, 3.63) is 71.9 Å². The van der Waals surface area contributed by atoms with Gasteiger partial charge in [0.1, 0.15) is 0 Å². The highest BCUT2D eigenvalue weighted by molar-refractivity contribution is 5.86. The average molecular weight is 377 g/mol. The van der Waals surface area contributed by atoms with Crippen LogP contribution in [-0.2, 0) is 17.6 Å². The molecule has 28 heavy (non-hydrogen) atoms. The van der Waals surface area contributed by atoms with Crippen LogP contribution in [0.2, 0.25) is 0 Å². The topological polar surface area (TPSA) is 81.3 Å². The minimum atomic E-state index is -0.0458. The molecule has 0 aliphatic rings. The minimum absolute atomic E-state index is 0.0458. The number of aliphatic imine (C=N–C) groups is 1. The number of aromatic nitrogens is 1. The van der Waals surface area contributed by atoms with E-state index in [0.717, 1.165) is 24.9 Å². The molecule has 0 radical (unpaired) electrons. The number of rotatable bonds is 8. The maximum Gasteiger partial charge on any atom is 0.239 e. The Balaban J connectivity index is 1.35. The first kappa shape index (κ1) is 19.5. The highest BCUT2D eigenvalue weighted by Crippen LogP contribution is 2.17. The lowest BCUT2D eigenvalue weighted by molar-refractivity contribution is -0.119. The van der Waals surface area contributed by atoms with Gasteiger partial charge in [-0.3, -0.25) is 9.79 Å². The number of amides is 1. The Bertz CT molecular complexity index is 917. The van der Waals surface area contributed by atoms with Crippen LogP contribution in [0, 0.1) is 0 Å². The molecular formula is C22H27N5O. The Hall–Kier alpha value is -3.28. The van der Waals surface area contributed by atoms with Gasteiger partial charge in [0.05, 0.1) is 6.54 Å². The lowest BCUT2D eigenvalue weighted by atomic mass is 10.1. The van der Waals surface area contributed by atoms with E-state index in [-0.39, 0.29) is 12.5 Å². The predicted molar refractivity (Wildman–Crippen MR) is 115 cm³/mol. The van der Waals surface area contributed by atoms with E-state index in [1.54, 1.807) is 7.05 Å². The van der Waals surface area contributed by atoms with Crippen LogP contribution in [-0.4, -0.2) is 43.5 Å². The Morgan fingerprint density at radius 3 is 2.50 bits per heavy atom. The summed E-state index contributed by atoms with van der Waals surface area (Å²) in [5.41, 5.74) is 3.62. The first-order valence-corrected chi connectivity index (χ1v) is 9.56. The molecule has 3 rings (SSSR count). The van der Waals surface area contributed by atoms with E-state index < -0.39 is 0 Å². The van der Waals surface area contributed by atoms with E-state index in [1.165, 1.54) is 16.5 Å². The first-order valence-electron chi connectivity index (χ1n) is 9.56. The third-order valence-electron chi connectivity index (χ3n) is 4.58. The number of fused-ring (bicyclic) bond motifs is 1. The third kappa shape index (κ3) is 5.61. The molecule has 1 heterocycles. The summed E-state index contributed by atoms with van der Waals surface area (Å²) in [6, 6.07) is 18.4. The van der Waals surface area contributed by atoms with E-state index in [9.17, 15) is 4.79 Å². The zero-order valence-corrected chi connectivity index (χ0v) is 16.2. The second kappa shape index (κ2) is 10.2. The van der Waals surface area contributed by atoms with Crippen LogP contribution in [0.1, 0.15) is 11.1 Å². The second-order valence-electron chi connectivity index (χ2n) is 6.55. The van der Waals surface area contributed by atoms with Gasteiger partial charge >= 0.3 is 0 Å². The molecule has 146 valence electrons.